The molecular formula is C14H14F3N3. The molecule has 20 heavy (non-hydrogen) atoms. The maximum absolute atomic E-state index is 12.6. The fourth-order valence-corrected chi connectivity index (χ4v) is 1.97. The van der Waals surface area contributed by atoms with Crippen molar-refractivity contribution in [3.63, 3.8) is 0 Å². The maximum Gasteiger partial charge on any atom is 0.416 e. The van der Waals surface area contributed by atoms with Gasteiger partial charge in [-0.05, 0) is 35.9 Å². The lowest BCUT2D eigenvalue weighted by molar-refractivity contribution is -0.137. The standard InChI is InChI=1S/C14H14F3N3/c1-2-18-13(11-7-8-19-20-9-11)10-3-5-12(6-4-10)14(15,16)17/h3-9,13,18H,2H2,1H3. The number of rotatable bonds is 4. The van der Waals surface area contributed by atoms with Crippen LogP contribution in [-0.4, -0.2) is 16.7 Å². The second-order valence-electron chi connectivity index (χ2n) is 4.29. The summed E-state index contributed by atoms with van der Waals surface area (Å²) in [6.07, 6.45) is -1.15. The Morgan fingerprint density at radius 1 is 1.05 bits per heavy atom. The maximum atomic E-state index is 12.6. The first-order chi connectivity index (χ1) is 9.52. The summed E-state index contributed by atoms with van der Waals surface area (Å²) in [5.74, 6) is 0. The highest BCUT2D eigenvalue weighted by Gasteiger charge is 2.30. The van der Waals surface area contributed by atoms with Crippen molar-refractivity contribution in [3.8, 4) is 0 Å². The lowest BCUT2D eigenvalue weighted by atomic mass is 9.99. The Morgan fingerprint density at radius 2 is 1.75 bits per heavy atom. The molecular weight excluding hydrogens is 267 g/mol. The van der Waals surface area contributed by atoms with Gasteiger partial charge in [0.2, 0.25) is 0 Å². The lowest BCUT2D eigenvalue weighted by Crippen LogP contribution is -2.22. The van der Waals surface area contributed by atoms with E-state index >= 15 is 0 Å². The molecule has 0 amide bonds. The first kappa shape index (κ1) is 14.5. The van der Waals surface area contributed by atoms with Gasteiger partial charge in [-0.2, -0.15) is 23.4 Å². The van der Waals surface area contributed by atoms with Crippen LogP contribution in [-0.2, 0) is 6.18 Å². The average Bonchev–Trinajstić information content (AvgIpc) is 2.45. The van der Waals surface area contributed by atoms with Gasteiger partial charge in [0.25, 0.3) is 0 Å². The van der Waals surface area contributed by atoms with Crippen LogP contribution in [0, 0.1) is 0 Å². The third kappa shape index (κ3) is 3.33. The molecule has 1 aromatic heterocycles. The number of halogens is 3. The van der Waals surface area contributed by atoms with Gasteiger partial charge in [-0.3, -0.25) is 0 Å². The molecule has 0 bridgehead atoms. The number of hydrogen-bond donors (Lipinski definition) is 1. The van der Waals surface area contributed by atoms with Crippen LogP contribution in [0.5, 0.6) is 0 Å². The second kappa shape index (κ2) is 6.00. The number of nitrogens with zero attached hydrogens (tertiary/aromatic N) is 2. The van der Waals surface area contributed by atoms with Crippen molar-refractivity contribution in [1.29, 1.82) is 0 Å². The Labute approximate surface area is 114 Å². The smallest absolute Gasteiger partial charge is 0.306 e. The Kier molecular flexibility index (Phi) is 4.34. The molecule has 0 radical (unpaired) electrons. The number of nitrogens with one attached hydrogen (secondary N) is 1. The summed E-state index contributed by atoms with van der Waals surface area (Å²) in [6, 6.07) is 6.74. The second-order valence-corrected chi connectivity index (χ2v) is 4.29. The predicted octanol–water partition coefficient (Wildman–Crippen LogP) is 3.19. The van der Waals surface area contributed by atoms with Gasteiger partial charge >= 0.3 is 6.18 Å². The number of benzene rings is 1. The van der Waals surface area contributed by atoms with Crippen LogP contribution in [0.25, 0.3) is 0 Å². The van der Waals surface area contributed by atoms with Crippen LogP contribution < -0.4 is 5.32 Å². The van der Waals surface area contributed by atoms with E-state index in [4.69, 9.17) is 0 Å². The highest BCUT2D eigenvalue weighted by Crippen LogP contribution is 2.30. The Balaban J connectivity index is 2.31. The van der Waals surface area contributed by atoms with Crippen LogP contribution in [0.1, 0.15) is 29.7 Å². The van der Waals surface area contributed by atoms with Crippen molar-refractivity contribution < 1.29 is 13.2 Å². The molecule has 3 nitrogen and oxygen atoms in total. The summed E-state index contributed by atoms with van der Waals surface area (Å²) < 4.78 is 37.7. The van der Waals surface area contributed by atoms with Crippen LogP contribution in [0.4, 0.5) is 13.2 Å². The molecule has 1 aromatic carbocycles. The zero-order valence-electron chi connectivity index (χ0n) is 10.9. The molecule has 0 aliphatic rings. The van der Waals surface area contributed by atoms with Crippen LogP contribution in [0.15, 0.2) is 42.7 Å². The number of aromatic nitrogens is 2. The van der Waals surface area contributed by atoms with Gasteiger partial charge in [-0.15, -0.1) is 0 Å². The van der Waals surface area contributed by atoms with E-state index in [0.29, 0.717) is 6.54 Å². The number of hydrogen-bond acceptors (Lipinski definition) is 3. The zero-order valence-corrected chi connectivity index (χ0v) is 10.9. The van der Waals surface area contributed by atoms with Gasteiger partial charge in [-0.25, -0.2) is 0 Å². The van der Waals surface area contributed by atoms with Crippen LogP contribution >= 0.6 is 0 Å². The highest BCUT2D eigenvalue weighted by atomic mass is 19.4. The SMILES string of the molecule is CCNC(c1ccc(C(F)(F)F)cc1)c1ccnnc1. The van der Waals surface area contributed by atoms with E-state index in [9.17, 15) is 13.2 Å². The quantitative estimate of drug-likeness (QED) is 0.935. The lowest BCUT2D eigenvalue weighted by Gasteiger charge is -2.19. The summed E-state index contributed by atoms with van der Waals surface area (Å²) >= 11 is 0. The summed E-state index contributed by atoms with van der Waals surface area (Å²) in [6.45, 7) is 2.62. The molecule has 1 atom stereocenters. The summed E-state index contributed by atoms with van der Waals surface area (Å²) in [5.41, 5.74) is 0.971. The Bertz CT molecular complexity index is 538. The van der Waals surface area contributed by atoms with E-state index in [2.05, 4.69) is 15.5 Å². The van der Waals surface area contributed by atoms with Gasteiger partial charge in [0.15, 0.2) is 0 Å². The topological polar surface area (TPSA) is 37.8 Å². The van der Waals surface area contributed by atoms with Gasteiger partial charge in [0.05, 0.1) is 17.8 Å². The van der Waals surface area contributed by atoms with Crippen molar-refractivity contribution in [3.05, 3.63) is 59.4 Å². The molecule has 0 aliphatic carbocycles. The first-order valence-corrected chi connectivity index (χ1v) is 6.19. The van der Waals surface area contributed by atoms with Crippen LogP contribution in [0.2, 0.25) is 0 Å². The minimum atomic E-state index is -4.32. The monoisotopic (exact) mass is 281 g/mol. The fourth-order valence-electron chi connectivity index (χ4n) is 1.97. The largest absolute Gasteiger partial charge is 0.416 e. The molecule has 0 saturated carbocycles. The molecule has 1 unspecified atom stereocenters. The molecule has 0 saturated heterocycles. The highest BCUT2D eigenvalue weighted by molar-refractivity contribution is 5.32. The van der Waals surface area contributed by atoms with E-state index in [1.807, 2.05) is 6.92 Å². The molecule has 0 fully saturated rings. The van der Waals surface area contributed by atoms with E-state index in [-0.39, 0.29) is 6.04 Å². The summed E-state index contributed by atoms with van der Waals surface area (Å²) in [4.78, 5) is 0. The normalized spacial score (nSPS) is 13.2. The Morgan fingerprint density at radius 3 is 2.25 bits per heavy atom. The Hall–Kier alpha value is -1.95. The third-order valence-corrected chi connectivity index (χ3v) is 2.92. The van der Waals surface area contributed by atoms with Gasteiger partial charge in [-0.1, -0.05) is 19.1 Å². The van der Waals surface area contributed by atoms with Gasteiger partial charge < -0.3 is 5.32 Å². The first-order valence-electron chi connectivity index (χ1n) is 6.19. The average molecular weight is 281 g/mol. The minimum Gasteiger partial charge on any atom is -0.306 e. The molecule has 6 heteroatoms. The summed E-state index contributed by atoms with van der Waals surface area (Å²) in [7, 11) is 0. The molecule has 2 aromatic rings. The van der Waals surface area contributed by atoms with Crippen LogP contribution in [0.3, 0.4) is 0 Å². The van der Waals surface area contributed by atoms with Crippen molar-refractivity contribution in [2.75, 3.05) is 6.54 Å². The van der Waals surface area contributed by atoms with Crippen molar-refractivity contribution >= 4 is 0 Å². The minimum absolute atomic E-state index is 0.196. The van der Waals surface area contributed by atoms with Crippen molar-refractivity contribution in [1.82, 2.24) is 15.5 Å². The van der Waals surface area contributed by atoms with Crippen molar-refractivity contribution in [2.24, 2.45) is 0 Å². The molecule has 106 valence electrons. The van der Waals surface area contributed by atoms with E-state index in [1.54, 1.807) is 18.5 Å². The molecule has 0 aliphatic heterocycles. The molecule has 2 rings (SSSR count). The van der Waals surface area contributed by atoms with E-state index < -0.39 is 11.7 Å². The van der Waals surface area contributed by atoms with Crippen molar-refractivity contribution in [2.45, 2.75) is 19.1 Å². The van der Waals surface area contributed by atoms with E-state index in [1.165, 1.54) is 12.1 Å². The molecule has 0 spiro atoms. The van der Waals surface area contributed by atoms with E-state index in [0.717, 1.165) is 23.3 Å². The molecule has 1 heterocycles. The molecule has 1 N–H and O–H groups in total. The number of alkyl halides is 3. The predicted molar refractivity (Wildman–Crippen MR) is 69.0 cm³/mol. The van der Waals surface area contributed by atoms with Gasteiger partial charge in [0, 0.05) is 6.20 Å². The zero-order chi connectivity index (χ0) is 14.6. The fraction of sp³-hybridized carbons (Fsp3) is 0.286. The third-order valence-electron chi connectivity index (χ3n) is 2.92. The van der Waals surface area contributed by atoms with Gasteiger partial charge in [0.1, 0.15) is 0 Å². The summed E-state index contributed by atoms with van der Waals surface area (Å²) in [5, 5.41) is 10.7.